The van der Waals surface area contributed by atoms with Crippen molar-refractivity contribution in [3.05, 3.63) is 76.0 Å². The van der Waals surface area contributed by atoms with E-state index in [1.807, 2.05) is 18.2 Å². The highest BCUT2D eigenvalue weighted by Gasteiger charge is 2.20. The summed E-state index contributed by atoms with van der Waals surface area (Å²) in [6.45, 7) is 5.20. The zero-order valence-corrected chi connectivity index (χ0v) is 16.0. The standard InChI is InChI=1S/C19H21N5O2S/c1-13(2)18-19(27-16-5-3-4-15(10-16)24(25)26)22-17(11-20)23(18)12-14-6-8-21-9-7-14/h3-10,13H,11-12,20H2,1-2H3. The Morgan fingerprint density at radius 1 is 1.26 bits per heavy atom. The lowest BCUT2D eigenvalue weighted by atomic mass is 10.1. The zero-order valence-electron chi connectivity index (χ0n) is 15.2. The molecule has 0 aliphatic carbocycles. The number of benzene rings is 1. The van der Waals surface area contributed by atoms with Crippen LogP contribution in [0.1, 0.15) is 36.8 Å². The molecule has 0 saturated carbocycles. The van der Waals surface area contributed by atoms with Crippen LogP contribution in [-0.4, -0.2) is 19.5 Å². The predicted octanol–water partition coefficient (Wildman–Crippen LogP) is 3.97. The van der Waals surface area contributed by atoms with Crippen molar-refractivity contribution in [2.45, 2.75) is 42.8 Å². The molecule has 0 saturated heterocycles. The second-order valence-corrected chi connectivity index (χ2v) is 7.44. The highest BCUT2D eigenvalue weighted by Crippen LogP contribution is 2.35. The number of nitro benzene ring substituents is 1. The first-order valence-corrected chi connectivity index (χ1v) is 9.41. The Balaban J connectivity index is 2.00. The molecule has 0 bridgehead atoms. The molecule has 2 N–H and O–H groups in total. The SMILES string of the molecule is CC(C)c1c(Sc2cccc([N+](=O)[O-])c2)nc(CN)n1Cc1ccncc1. The van der Waals surface area contributed by atoms with Crippen molar-refractivity contribution in [1.82, 2.24) is 14.5 Å². The van der Waals surface area contributed by atoms with Crippen LogP contribution >= 0.6 is 11.8 Å². The molecule has 140 valence electrons. The second kappa shape index (κ2) is 8.32. The van der Waals surface area contributed by atoms with E-state index >= 15 is 0 Å². The number of rotatable bonds is 7. The van der Waals surface area contributed by atoms with E-state index in [2.05, 4.69) is 23.4 Å². The van der Waals surface area contributed by atoms with Crippen molar-refractivity contribution in [3.63, 3.8) is 0 Å². The van der Waals surface area contributed by atoms with E-state index in [9.17, 15) is 10.1 Å². The largest absolute Gasteiger partial charge is 0.325 e. The molecule has 7 nitrogen and oxygen atoms in total. The highest BCUT2D eigenvalue weighted by atomic mass is 32.2. The Hall–Kier alpha value is -2.71. The number of aromatic nitrogens is 3. The maximum absolute atomic E-state index is 11.0. The molecule has 0 unspecified atom stereocenters. The molecule has 2 heterocycles. The van der Waals surface area contributed by atoms with Crippen LogP contribution in [0.25, 0.3) is 0 Å². The Labute approximate surface area is 161 Å². The van der Waals surface area contributed by atoms with Gasteiger partial charge in [-0.3, -0.25) is 15.1 Å². The van der Waals surface area contributed by atoms with Crippen LogP contribution in [0.2, 0.25) is 0 Å². The van der Waals surface area contributed by atoms with Gasteiger partial charge >= 0.3 is 0 Å². The summed E-state index contributed by atoms with van der Waals surface area (Å²) in [6.07, 6.45) is 3.53. The van der Waals surface area contributed by atoms with Gasteiger partial charge in [0.1, 0.15) is 10.9 Å². The number of non-ortho nitro benzene ring substituents is 1. The van der Waals surface area contributed by atoms with Crippen LogP contribution in [0, 0.1) is 10.1 Å². The summed E-state index contributed by atoms with van der Waals surface area (Å²) in [5, 5.41) is 11.9. The van der Waals surface area contributed by atoms with Gasteiger partial charge in [0.2, 0.25) is 0 Å². The molecule has 8 heteroatoms. The smallest absolute Gasteiger partial charge is 0.270 e. The van der Waals surface area contributed by atoms with Gasteiger partial charge in [0.25, 0.3) is 5.69 Å². The molecule has 3 rings (SSSR count). The van der Waals surface area contributed by atoms with Gasteiger partial charge in [-0.05, 0) is 29.7 Å². The minimum absolute atomic E-state index is 0.0707. The average molecular weight is 383 g/mol. The number of hydrogen-bond acceptors (Lipinski definition) is 6. The monoisotopic (exact) mass is 383 g/mol. The van der Waals surface area contributed by atoms with Crippen LogP contribution < -0.4 is 5.73 Å². The molecular weight excluding hydrogens is 362 g/mol. The molecular formula is C19H21N5O2S. The summed E-state index contributed by atoms with van der Waals surface area (Å²) < 4.78 is 2.14. The second-order valence-electron chi connectivity index (χ2n) is 6.38. The molecule has 0 fully saturated rings. The van der Waals surface area contributed by atoms with Gasteiger partial charge in [-0.2, -0.15) is 0 Å². The quantitative estimate of drug-likeness (QED) is 0.489. The number of nitrogens with two attached hydrogens (primary N) is 1. The van der Waals surface area contributed by atoms with Gasteiger partial charge < -0.3 is 10.3 Å². The maximum Gasteiger partial charge on any atom is 0.270 e. The fraction of sp³-hybridized carbons (Fsp3) is 0.263. The number of hydrogen-bond donors (Lipinski definition) is 1. The van der Waals surface area contributed by atoms with E-state index in [1.54, 1.807) is 24.5 Å². The number of pyridine rings is 1. The molecule has 27 heavy (non-hydrogen) atoms. The van der Waals surface area contributed by atoms with E-state index in [0.29, 0.717) is 13.1 Å². The Bertz CT molecular complexity index is 941. The Kier molecular flexibility index (Phi) is 5.88. The van der Waals surface area contributed by atoms with Gasteiger partial charge in [0.15, 0.2) is 0 Å². The minimum atomic E-state index is -0.388. The van der Waals surface area contributed by atoms with Crippen molar-refractivity contribution in [1.29, 1.82) is 0 Å². The summed E-state index contributed by atoms with van der Waals surface area (Å²) in [4.78, 5) is 20.2. The topological polar surface area (TPSA) is 99.9 Å². The first kappa shape index (κ1) is 19.1. The first-order chi connectivity index (χ1) is 13.0. The third kappa shape index (κ3) is 4.35. The average Bonchev–Trinajstić information content (AvgIpc) is 3.00. The Morgan fingerprint density at radius 3 is 2.63 bits per heavy atom. The summed E-state index contributed by atoms with van der Waals surface area (Å²) in [6, 6.07) is 10.5. The summed E-state index contributed by atoms with van der Waals surface area (Å²) >= 11 is 1.43. The van der Waals surface area contributed by atoms with Crippen molar-refractivity contribution in [3.8, 4) is 0 Å². The molecule has 0 amide bonds. The van der Waals surface area contributed by atoms with Crippen molar-refractivity contribution < 1.29 is 4.92 Å². The van der Waals surface area contributed by atoms with E-state index in [-0.39, 0.29) is 16.5 Å². The fourth-order valence-electron chi connectivity index (χ4n) is 2.90. The number of nitrogens with zero attached hydrogens (tertiary/aromatic N) is 4. The van der Waals surface area contributed by atoms with Gasteiger partial charge in [-0.25, -0.2) is 4.98 Å². The van der Waals surface area contributed by atoms with Gasteiger partial charge in [-0.15, -0.1) is 0 Å². The van der Waals surface area contributed by atoms with Gasteiger partial charge in [0.05, 0.1) is 17.2 Å². The van der Waals surface area contributed by atoms with E-state index < -0.39 is 0 Å². The van der Waals surface area contributed by atoms with Crippen molar-refractivity contribution in [2.24, 2.45) is 5.73 Å². The lowest BCUT2D eigenvalue weighted by Crippen LogP contribution is -2.12. The molecule has 0 radical (unpaired) electrons. The Morgan fingerprint density at radius 2 is 2.00 bits per heavy atom. The van der Waals surface area contributed by atoms with Crippen LogP contribution in [0.3, 0.4) is 0 Å². The summed E-state index contributed by atoms with van der Waals surface area (Å²) in [5.74, 6) is 1.02. The van der Waals surface area contributed by atoms with Crippen LogP contribution in [0.15, 0.2) is 58.7 Å². The van der Waals surface area contributed by atoms with Gasteiger partial charge in [0, 0.05) is 36.0 Å². The lowest BCUT2D eigenvalue weighted by molar-refractivity contribution is -0.385. The van der Waals surface area contributed by atoms with Crippen molar-refractivity contribution in [2.75, 3.05) is 0 Å². The lowest BCUT2D eigenvalue weighted by Gasteiger charge is -2.15. The van der Waals surface area contributed by atoms with Crippen LogP contribution in [0.5, 0.6) is 0 Å². The molecule has 3 aromatic rings. The molecule has 0 spiro atoms. The van der Waals surface area contributed by atoms with E-state index in [4.69, 9.17) is 10.7 Å². The normalized spacial score (nSPS) is 11.1. The summed E-state index contributed by atoms with van der Waals surface area (Å²) in [5.41, 5.74) is 8.21. The summed E-state index contributed by atoms with van der Waals surface area (Å²) in [7, 11) is 0. The predicted molar refractivity (Wildman–Crippen MR) is 105 cm³/mol. The van der Waals surface area contributed by atoms with E-state index in [0.717, 1.165) is 27.0 Å². The molecule has 0 aliphatic rings. The number of imidazole rings is 1. The van der Waals surface area contributed by atoms with Crippen LogP contribution in [-0.2, 0) is 13.1 Å². The molecule has 2 aromatic heterocycles. The molecule has 0 aliphatic heterocycles. The van der Waals surface area contributed by atoms with Crippen LogP contribution in [0.4, 0.5) is 5.69 Å². The fourth-order valence-corrected chi connectivity index (χ4v) is 4.05. The third-order valence-corrected chi connectivity index (χ3v) is 5.10. The van der Waals surface area contributed by atoms with Crippen molar-refractivity contribution >= 4 is 17.4 Å². The number of nitro groups is 1. The minimum Gasteiger partial charge on any atom is -0.325 e. The van der Waals surface area contributed by atoms with Gasteiger partial charge in [-0.1, -0.05) is 31.7 Å². The molecule has 1 aromatic carbocycles. The maximum atomic E-state index is 11.0. The zero-order chi connectivity index (χ0) is 19.4. The highest BCUT2D eigenvalue weighted by molar-refractivity contribution is 7.99. The molecule has 0 atom stereocenters. The van der Waals surface area contributed by atoms with E-state index in [1.165, 1.54) is 17.8 Å². The first-order valence-electron chi connectivity index (χ1n) is 8.60. The third-order valence-electron chi connectivity index (χ3n) is 4.11.